The molecule has 1 N–H and O–H groups in total. The highest BCUT2D eigenvalue weighted by molar-refractivity contribution is 5.75. The minimum atomic E-state index is -0.408. The molecule has 0 aliphatic carbocycles. The van der Waals surface area contributed by atoms with Crippen molar-refractivity contribution in [1.29, 1.82) is 0 Å². The van der Waals surface area contributed by atoms with Crippen LogP contribution >= 0.6 is 0 Å². The van der Waals surface area contributed by atoms with Crippen molar-refractivity contribution in [2.75, 3.05) is 46.0 Å². The highest BCUT2D eigenvalue weighted by atomic mass is 16.5. The minimum Gasteiger partial charge on any atom is -0.465 e. The number of carbonyl (C=O) groups is 3. The van der Waals surface area contributed by atoms with Crippen LogP contribution in [-0.2, 0) is 28.6 Å². The molecule has 0 aromatic rings. The van der Waals surface area contributed by atoms with E-state index in [9.17, 15) is 14.4 Å². The van der Waals surface area contributed by atoms with Gasteiger partial charge in [-0.3, -0.25) is 19.3 Å². The molecule has 134 valence electrons. The molecular weight excluding hydrogens is 304 g/mol. The second kappa shape index (κ2) is 12.8. The molecule has 0 rings (SSSR count). The zero-order valence-corrected chi connectivity index (χ0v) is 14.4. The Balaban J connectivity index is 4.44. The van der Waals surface area contributed by atoms with Crippen LogP contribution in [0.2, 0.25) is 0 Å². The molecule has 0 aliphatic heterocycles. The lowest BCUT2D eigenvalue weighted by Crippen LogP contribution is -2.45. The molecule has 0 radical (unpaired) electrons. The number of ether oxygens (including phenoxy) is 3. The largest absolute Gasteiger partial charge is 0.465 e. The quantitative estimate of drug-likeness (QED) is 0.393. The average molecular weight is 332 g/mol. The molecule has 0 aromatic heterocycles. The van der Waals surface area contributed by atoms with Gasteiger partial charge in [0.15, 0.2) is 0 Å². The Bertz CT molecular complexity index is 355. The Morgan fingerprint density at radius 2 is 1.30 bits per heavy atom. The van der Waals surface area contributed by atoms with Crippen LogP contribution < -0.4 is 5.32 Å². The number of carbonyl (C=O) groups excluding carboxylic acids is 3. The third kappa shape index (κ3) is 11.5. The molecule has 0 amide bonds. The molecule has 1 atom stereocenters. The lowest BCUT2D eigenvalue weighted by Gasteiger charge is -2.24. The van der Waals surface area contributed by atoms with Crippen LogP contribution in [0.4, 0.5) is 0 Å². The topological polar surface area (TPSA) is 94.2 Å². The summed E-state index contributed by atoms with van der Waals surface area (Å²) in [7, 11) is 0. The van der Waals surface area contributed by atoms with Crippen LogP contribution in [0.15, 0.2) is 0 Å². The number of nitrogens with zero attached hydrogens (tertiary/aromatic N) is 1. The Morgan fingerprint density at radius 1 is 0.870 bits per heavy atom. The van der Waals surface area contributed by atoms with E-state index in [1.807, 2.05) is 6.92 Å². The first-order chi connectivity index (χ1) is 10.9. The summed E-state index contributed by atoms with van der Waals surface area (Å²) in [6.45, 7) is 8.34. The van der Waals surface area contributed by atoms with E-state index in [4.69, 9.17) is 14.2 Å². The molecule has 0 unspecified atom stereocenters. The van der Waals surface area contributed by atoms with Gasteiger partial charge in [-0.15, -0.1) is 0 Å². The van der Waals surface area contributed by atoms with Crippen LogP contribution in [0.1, 0.15) is 27.7 Å². The van der Waals surface area contributed by atoms with Gasteiger partial charge in [0.25, 0.3) is 0 Å². The number of nitrogens with one attached hydrogen (secondary N) is 1. The zero-order chi connectivity index (χ0) is 17.7. The predicted octanol–water partition coefficient (Wildman–Crippen LogP) is -0.0442. The summed E-state index contributed by atoms with van der Waals surface area (Å²) in [6, 6.07) is -0.122. The second-order valence-electron chi connectivity index (χ2n) is 4.87. The first-order valence-corrected chi connectivity index (χ1v) is 7.85. The molecule has 8 nitrogen and oxygen atoms in total. The van der Waals surface area contributed by atoms with Crippen LogP contribution in [-0.4, -0.2) is 74.8 Å². The van der Waals surface area contributed by atoms with Crippen molar-refractivity contribution in [2.45, 2.75) is 33.7 Å². The molecule has 0 fully saturated rings. The van der Waals surface area contributed by atoms with Crippen molar-refractivity contribution < 1.29 is 28.6 Å². The molecule has 23 heavy (non-hydrogen) atoms. The van der Waals surface area contributed by atoms with Crippen LogP contribution in [0.5, 0.6) is 0 Å². The van der Waals surface area contributed by atoms with Crippen molar-refractivity contribution in [3.8, 4) is 0 Å². The van der Waals surface area contributed by atoms with Gasteiger partial charge < -0.3 is 19.5 Å². The molecule has 0 saturated heterocycles. The lowest BCUT2D eigenvalue weighted by molar-refractivity contribution is -0.148. The van der Waals surface area contributed by atoms with Gasteiger partial charge in [-0.05, 0) is 27.7 Å². The fourth-order valence-electron chi connectivity index (χ4n) is 1.88. The van der Waals surface area contributed by atoms with E-state index in [-0.39, 0.29) is 44.9 Å². The maximum Gasteiger partial charge on any atom is 0.320 e. The van der Waals surface area contributed by atoms with Crippen molar-refractivity contribution in [1.82, 2.24) is 10.2 Å². The molecule has 8 heteroatoms. The van der Waals surface area contributed by atoms with E-state index in [1.165, 1.54) is 0 Å². The summed E-state index contributed by atoms with van der Waals surface area (Å²) in [5.41, 5.74) is 0. The smallest absolute Gasteiger partial charge is 0.320 e. The van der Waals surface area contributed by atoms with Crippen LogP contribution in [0, 0.1) is 0 Å². The lowest BCUT2D eigenvalue weighted by atomic mass is 10.3. The summed E-state index contributed by atoms with van der Waals surface area (Å²) in [5.74, 6) is -1.16. The van der Waals surface area contributed by atoms with E-state index in [2.05, 4.69) is 5.32 Å². The predicted molar refractivity (Wildman–Crippen MR) is 83.8 cm³/mol. The van der Waals surface area contributed by atoms with E-state index in [0.29, 0.717) is 13.2 Å². The first-order valence-electron chi connectivity index (χ1n) is 7.85. The van der Waals surface area contributed by atoms with Gasteiger partial charge in [-0.25, -0.2) is 0 Å². The Labute approximate surface area is 137 Å². The van der Waals surface area contributed by atoms with Gasteiger partial charge >= 0.3 is 17.9 Å². The van der Waals surface area contributed by atoms with Crippen molar-refractivity contribution in [3.63, 3.8) is 0 Å². The van der Waals surface area contributed by atoms with Gasteiger partial charge in [0.2, 0.25) is 0 Å². The van der Waals surface area contributed by atoms with Gasteiger partial charge in [-0.1, -0.05) is 0 Å². The van der Waals surface area contributed by atoms with E-state index in [0.717, 1.165) is 0 Å². The summed E-state index contributed by atoms with van der Waals surface area (Å²) in [6.07, 6.45) is 0. The SMILES string of the molecule is CCOC(=O)CN[C@@H](C)CN(CC(=O)OCC)CC(=O)OCC. The highest BCUT2D eigenvalue weighted by Gasteiger charge is 2.19. The number of rotatable bonds is 12. The number of hydrogen-bond acceptors (Lipinski definition) is 8. The molecule has 0 saturated carbocycles. The maximum atomic E-state index is 11.6. The fourth-order valence-corrected chi connectivity index (χ4v) is 1.88. The molecular formula is C15H28N2O6. The number of hydrogen-bond donors (Lipinski definition) is 1. The standard InChI is InChI=1S/C15H28N2O6/c1-5-21-13(18)8-16-12(4)9-17(10-14(19)22-6-2)11-15(20)23-7-3/h12,16H,5-11H2,1-4H3/t12-/m0/s1. The molecule has 0 aromatic carbocycles. The zero-order valence-electron chi connectivity index (χ0n) is 14.4. The Hall–Kier alpha value is -1.67. The average Bonchev–Trinajstić information content (AvgIpc) is 2.45. The Morgan fingerprint density at radius 3 is 1.74 bits per heavy atom. The van der Waals surface area contributed by atoms with Crippen LogP contribution in [0.25, 0.3) is 0 Å². The maximum absolute atomic E-state index is 11.6. The van der Waals surface area contributed by atoms with Gasteiger partial charge in [-0.2, -0.15) is 0 Å². The van der Waals surface area contributed by atoms with Crippen molar-refractivity contribution >= 4 is 17.9 Å². The molecule has 0 spiro atoms. The third-order valence-electron chi connectivity index (χ3n) is 2.75. The highest BCUT2D eigenvalue weighted by Crippen LogP contribution is 1.96. The summed E-state index contributed by atoms with van der Waals surface area (Å²) < 4.78 is 14.6. The fraction of sp³-hybridized carbons (Fsp3) is 0.800. The molecule has 0 heterocycles. The Kier molecular flexibility index (Phi) is 11.9. The molecule has 0 aliphatic rings. The minimum absolute atomic E-state index is 0.0158. The third-order valence-corrected chi connectivity index (χ3v) is 2.75. The summed E-state index contributed by atoms with van der Waals surface area (Å²) in [5, 5.41) is 2.99. The van der Waals surface area contributed by atoms with Crippen molar-refractivity contribution in [2.24, 2.45) is 0 Å². The summed E-state index contributed by atoms with van der Waals surface area (Å²) in [4.78, 5) is 36.2. The van der Waals surface area contributed by atoms with E-state index < -0.39 is 11.9 Å². The first kappa shape index (κ1) is 21.3. The second-order valence-corrected chi connectivity index (χ2v) is 4.87. The normalized spacial score (nSPS) is 11.9. The van der Waals surface area contributed by atoms with Gasteiger partial charge in [0.1, 0.15) is 0 Å². The van der Waals surface area contributed by atoms with E-state index in [1.54, 1.807) is 25.7 Å². The van der Waals surface area contributed by atoms with Crippen molar-refractivity contribution in [3.05, 3.63) is 0 Å². The monoisotopic (exact) mass is 332 g/mol. The van der Waals surface area contributed by atoms with Gasteiger partial charge in [0.05, 0.1) is 39.5 Å². The van der Waals surface area contributed by atoms with Gasteiger partial charge in [0, 0.05) is 12.6 Å². The molecule has 0 bridgehead atoms. The van der Waals surface area contributed by atoms with E-state index >= 15 is 0 Å². The van der Waals surface area contributed by atoms with Crippen LogP contribution in [0.3, 0.4) is 0 Å². The summed E-state index contributed by atoms with van der Waals surface area (Å²) >= 11 is 0. The number of esters is 3.